The zero-order valence-electron chi connectivity index (χ0n) is 12.7. The Kier molecular flexibility index (Phi) is 6.19. The van der Waals surface area contributed by atoms with E-state index in [4.69, 9.17) is 0 Å². The highest BCUT2D eigenvalue weighted by Gasteiger charge is 2.19. The van der Waals surface area contributed by atoms with Crippen LogP contribution < -0.4 is 5.32 Å². The number of sulfone groups is 1. The van der Waals surface area contributed by atoms with Crippen LogP contribution in [0.25, 0.3) is 0 Å². The SMILES string of the molecule is O=C(NCCS(=O)(=O)CCc1ccccc1)C1CC=CCC1. The molecule has 1 atom stereocenters. The lowest BCUT2D eigenvalue weighted by Gasteiger charge is -2.17. The fraction of sp³-hybridized carbons (Fsp3) is 0.471. The molecule has 0 heterocycles. The molecule has 5 heteroatoms. The summed E-state index contributed by atoms with van der Waals surface area (Å²) >= 11 is 0. The maximum absolute atomic E-state index is 12.0. The summed E-state index contributed by atoms with van der Waals surface area (Å²) in [6, 6.07) is 9.57. The number of aryl methyl sites for hydroxylation is 1. The van der Waals surface area contributed by atoms with Crippen molar-refractivity contribution in [1.82, 2.24) is 5.32 Å². The number of carbonyl (C=O) groups excluding carboxylic acids is 1. The van der Waals surface area contributed by atoms with Crippen molar-refractivity contribution in [3.63, 3.8) is 0 Å². The fourth-order valence-corrected chi connectivity index (χ4v) is 3.69. The number of nitrogens with one attached hydrogen (secondary N) is 1. The summed E-state index contributed by atoms with van der Waals surface area (Å²) in [6.07, 6.45) is 7.15. The van der Waals surface area contributed by atoms with Crippen molar-refractivity contribution in [2.75, 3.05) is 18.1 Å². The van der Waals surface area contributed by atoms with Crippen molar-refractivity contribution in [3.8, 4) is 0 Å². The molecule has 1 aromatic rings. The fourth-order valence-electron chi connectivity index (χ4n) is 2.53. The van der Waals surface area contributed by atoms with Gasteiger partial charge in [-0.05, 0) is 31.2 Å². The number of hydrogen-bond acceptors (Lipinski definition) is 3. The van der Waals surface area contributed by atoms with E-state index in [0.717, 1.165) is 24.8 Å². The van der Waals surface area contributed by atoms with Crippen LogP contribution in [0, 0.1) is 5.92 Å². The molecule has 2 rings (SSSR count). The van der Waals surface area contributed by atoms with Gasteiger partial charge in [-0.25, -0.2) is 8.42 Å². The van der Waals surface area contributed by atoms with Crippen molar-refractivity contribution < 1.29 is 13.2 Å². The van der Waals surface area contributed by atoms with E-state index in [-0.39, 0.29) is 29.9 Å². The third-order valence-electron chi connectivity index (χ3n) is 3.90. The van der Waals surface area contributed by atoms with Gasteiger partial charge in [-0.1, -0.05) is 42.5 Å². The van der Waals surface area contributed by atoms with E-state index in [1.807, 2.05) is 36.4 Å². The Hall–Kier alpha value is -1.62. The zero-order chi connectivity index (χ0) is 15.8. The van der Waals surface area contributed by atoms with Gasteiger partial charge in [-0.15, -0.1) is 0 Å². The van der Waals surface area contributed by atoms with E-state index < -0.39 is 9.84 Å². The summed E-state index contributed by atoms with van der Waals surface area (Å²) in [6.45, 7) is 0.205. The van der Waals surface area contributed by atoms with E-state index in [1.165, 1.54) is 0 Å². The second-order valence-corrected chi connectivity index (χ2v) is 7.96. The standard InChI is InChI=1S/C17H23NO3S/c19-17(16-9-5-2-6-10-16)18-12-14-22(20,21)13-11-15-7-3-1-4-8-15/h1-5,7-8,16H,6,9-14H2,(H,18,19). The van der Waals surface area contributed by atoms with Gasteiger partial charge in [-0.2, -0.15) is 0 Å². The van der Waals surface area contributed by atoms with Gasteiger partial charge in [0.15, 0.2) is 9.84 Å². The van der Waals surface area contributed by atoms with Gasteiger partial charge in [0.2, 0.25) is 5.91 Å². The second kappa shape index (κ2) is 8.13. The third-order valence-corrected chi connectivity index (χ3v) is 5.55. The van der Waals surface area contributed by atoms with Crippen molar-refractivity contribution in [3.05, 3.63) is 48.0 Å². The van der Waals surface area contributed by atoms with Crippen molar-refractivity contribution in [2.45, 2.75) is 25.7 Å². The Morgan fingerprint density at radius 2 is 1.91 bits per heavy atom. The summed E-state index contributed by atoms with van der Waals surface area (Å²) < 4.78 is 24.0. The molecule has 0 saturated carbocycles. The van der Waals surface area contributed by atoms with E-state index in [2.05, 4.69) is 11.4 Å². The predicted octanol–water partition coefficient (Wildman–Crippen LogP) is 2.12. The number of allylic oxidation sites excluding steroid dienone is 2. The molecule has 1 aliphatic carbocycles. The van der Waals surface area contributed by atoms with Crippen LogP contribution in [0.2, 0.25) is 0 Å². The largest absolute Gasteiger partial charge is 0.355 e. The summed E-state index contributed by atoms with van der Waals surface area (Å²) in [5.41, 5.74) is 1.02. The van der Waals surface area contributed by atoms with Gasteiger partial charge in [0.05, 0.1) is 11.5 Å². The Bertz CT molecular complexity index is 608. The Labute approximate surface area is 132 Å². The van der Waals surface area contributed by atoms with Crippen LogP contribution in [0.4, 0.5) is 0 Å². The van der Waals surface area contributed by atoms with Gasteiger partial charge in [0.25, 0.3) is 0 Å². The van der Waals surface area contributed by atoms with Crippen molar-refractivity contribution in [2.24, 2.45) is 5.92 Å². The number of amides is 1. The molecule has 0 bridgehead atoms. The molecule has 120 valence electrons. The van der Waals surface area contributed by atoms with Crippen LogP contribution in [-0.2, 0) is 21.1 Å². The quantitative estimate of drug-likeness (QED) is 0.782. The second-order valence-electron chi connectivity index (χ2n) is 5.66. The van der Waals surface area contributed by atoms with Gasteiger partial charge in [0, 0.05) is 12.5 Å². The average molecular weight is 321 g/mol. The molecule has 0 fully saturated rings. The lowest BCUT2D eigenvalue weighted by atomic mass is 9.94. The maximum atomic E-state index is 12.0. The highest BCUT2D eigenvalue weighted by Crippen LogP contribution is 2.17. The lowest BCUT2D eigenvalue weighted by molar-refractivity contribution is -0.125. The van der Waals surface area contributed by atoms with Crippen LogP contribution >= 0.6 is 0 Å². The first-order valence-corrected chi connectivity index (χ1v) is 9.56. The molecule has 0 spiro atoms. The molecule has 1 unspecified atom stereocenters. The molecular formula is C17H23NO3S. The number of benzene rings is 1. The molecule has 1 aliphatic rings. The van der Waals surface area contributed by atoms with Crippen molar-refractivity contribution in [1.29, 1.82) is 0 Å². The van der Waals surface area contributed by atoms with E-state index in [1.54, 1.807) is 0 Å². The molecule has 1 N–H and O–H groups in total. The molecule has 0 aliphatic heterocycles. The van der Waals surface area contributed by atoms with Gasteiger partial charge < -0.3 is 5.32 Å². The molecular weight excluding hydrogens is 298 g/mol. The van der Waals surface area contributed by atoms with Crippen LogP contribution in [0.15, 0.2) is 42.5 Å². The molecule has 0 aromatic heterocycles. The molecule has 4 nitrogen and oxygen atoms in total. The third kappa shape index (κ3) is 5.64. The minimum Gasteiger partial charge on any atom is -0.355 e. The van der Waals surface area contributed by atoms with Gasteiger partial charge in [-0.3, -0.25) is 4.79 Å². The molecule has 1 amide bonds. The smallest absolute Gasteiger partial charge is 0.223 e. The summed E-state index contributed by atoms with van der Waals surface area (Å²) in [5.74, 6) is 0.104. The van der Waals surface area contributed by atoms with Crippen LogP contribution in [0.1, 0.15) is 24.8 Å². The number of carbonyl (C=O) groups is 1. The first-order valence-electron chi connectivity index (χ1n) is 7.74. The Morgan fingerprint density at radius 1 is 1.14 bits per heavy atom. The summed E-state index contributed by atoms with van der Waals surface area (Å²) in [4.78, 5) is 11.9. The summed E-state index contributed by atoms with van der Waals surface area (Å²) in [7, 11) is -3.13. The van der Waals surface area contributed by atoms with E-state index in [0.29, 0.717) is 6.42 Å². The monoisotopic (exact) mass is 321 g/mol. The molecule has 0 radical (unpaired) electrons. The normalized spacial score (nSPS) is 18.1. The first-order chi connectivity index (χ1) is 10.6. The van der Waals surface area contributed by atoms with Gasteiger partial charge in [0.1, 0.15) is 0 Å². The van der Waals surface area contributed by atoms with Crippen LogP contribution in [-0.4, -0.2) is 32.4 Å². The van der Waals surface area contributed by atoms with Crippen LogP contribution in [0.3, 0.4) is 0 Å². The summed E-state index contributed by atoms with van der Waals surface area (Å²) in [5, 5.41) is 2.75. The average Bonchev–Trinajstić information content (AvgIpc) is 2.55. The predicted molar refractivity (Wildman–Crippen MR) is 88.3 cm³/mol. The minimum atomic E-state index is -3.13. The topological polar surface area (TPSA) is 63.2 Å². The minimum absolute atomic E-state index is 0.00276. The highest BCUT2D eigenvalue weighted by molar-refractivity contribution is 7.91. The Balaban J connectivity index is 1.70. The number of rotatable bonds is 7. The Morgan fingerprint density at radius 3 is 2.59 bits per heavy atom. The van der Waals surface area contributed by atoms with Crippen LogP contribution in [0.5, 0.6) is 0 Å². The van der Waals surface area contributed by atoms with E-state index in [9.17, 15) is 13.2 Å². The highest BCUT2D eigenvalue weighted by atomic mass is 32.2. The zero-order valence-corrected chi connectivity index (χ0v) is 13.5. The number of hydrogen-bond donors (Lipinski definition) is 1. The maximum Gasteiger partial charge on any atom is 0.223 e. The first kappa shape index (κ1) is 16.7. The van der Waals surface area contributed by atoms with Crippen molar-refractivity contribution >= 4 is 15.7 Å². The van der Waals surface area contributed by atoms with Gasteiger partial charge >= 0.3 is 0 Å². The van der Waals surface area contributed by atoms with E-state index >= 15 is 0 Å². The molecule has 0 saturated heterocycles. The molecule has 22 heavy (non-hydrogen) atoms. The lowest BCUT2D eigenvalue weighted by Crippen LogP contribution is -2.35. The molecule has 1 aromatic carbocycles.